The summed E-state index contributed by atoms with van der Waals surface area (Å²) in [6.07, 6.45) is 0. The molecule has 6 heavy (non-hydrogen) atoms. The molecular weight excluding hydrogens is 136 g/mol. The Morgan fingerprint density at radius 1 is 1.00 bits per heavy atom. The molecular formula is CH8CaClO3+. The van der Waals surface area contributed by atoms with Crippen LogP contribution in [0, 0.1) is 0 Å². The molecule has 0 saturated carbocycles. The SMILES string of the molecule is CO.O.O.[Ca+2].[Cl-]. The second-order valence-electron chi connectivity index (χ2n) is 0. The molecule has 38 valence electrons. The maximum atomic E-state index is 7.00. The van der Waals surface area contributed by atoms with Crippen LogP contribution in [0.4, 0.5) is 0 Å². The molecule has 3 nitrogen and oxygen atoms in total. The van der Waals surface area contributed by atoms with Gasteiger partial charge in [-0.3, -0.25) is 0 Å². The van der Waals surface area contributed by atoms with Crippen molar-refractivity contribution in [2.45, 2.75) is 0 Å². The van der Waals surface area contributed by atoms with Crippen LogP contribution in [-0.4, -0.2) is 60.9 Å². The number of hydrogen-bond acceptors (Lipinski definition) is 1. The predicted octanol–water partition coefficient (Wildman–Crippen LogP) is -5.42. The Kier molecular flexibility index (Phi) is 804. The molecule has 0 saturated heterocycles. The largest absolute Gasteiger partial charge is 2.00 e. The second-order valence-corrected chi connectivity index (χ2v) is 0. The summed E-state index contributed by atoms with van der Waals surface area (Å²) in [5.74, 6) is 0. The monoisotopic (exact) mass is 143 g/mol. The van der Waals surface area contributed by atoms with Gasteiger partial charge in [-0.2, -0.15) is 0 Å². The van der Waals surface area contributed by atoms with Gasteiger partial charge in [-0.05, 0) is 0 Å². The molecule has 0 rings (SSSR count). The topological polar surface area (TPSA) is 83.2 Å². The molecule has 0 aromatic carbocycles. The molecule has 0 unspecified atom stereocenters. The fraction of sp³-hybridized carbons (Fsp3) is 1.00. The predicted molar refractivity (Wildman–Crippen MR) is 21.1 cm³/mol. The molecule has 0 atom stereocenters. The molecule has 0 amide bonds. The van der Waals surface area contributed by atoms with E-state index >= 15 is 0 Å². The Balaban J connectivity index is -0.000000000833. The van der Waals surface area contributed by atoms with E-state index < -0.39 is 0 Å². The second kappa shape index (κ2) is 92.7. The van der Waals surface area contributed by atoms with Crippen molar-refractivity contribution in [2.24, 2.45) is 0 Å². The summed E-state index contributed by atoms with van der Waals surface area (Å²) in [6.45, 7) is 0. The Hall–Kier alpha value is 1.43. The van der Waals surface area contributed by atoms with E-state index in [9.17, 15) is 0 Å². The van der Waals surface area contributed by atoms with Gasteiger partial charge in [-0.15, -0.1) is 0 Å². The van der Waals surface area contributed by atoms with Crippen LogP contribution in [0.25, 0.3) is 0 Å². The van der Waals surface area contributed by atoms with E-state index in [-0.39, 0.29) is 61.1 Å². The minimum Gasteiger partial charge on any atom is -1.00 e. The van der Waals surface area contributed by atoms with Gasteiger partial charge in [-0.1, -0.05) is 0 Å². The van der Waals surface area contributed by atoms with Crippen molar-refractivity contribution in [1.29, 1.82) is 0 Å². The van der Waals surface area contributed by atoms with Crippen molar-refractivity contribution >= 4 is 37.7 Å². The van der Waals surface area contributed by atoms with Gasteiger partial charge in [0.05, 0.1) is 0 Å². The molecule has 0 heterocycles. The van der Waals surface area contributed by atoms with Gasteiger partial charge >= 0.3 is 37.7 Å². The Bertz CT molecular complexity index is 10.8. The van der Waals surface area contributed by atoms with Gasteiger partial charge in [0.25, 0.3) is 0 Å². The quantitative estimate of drug-likeness (QED) is 0.338. The van der Waals surface area contributed by atoms with Crippen LogP contribution in [0.2, 0.25) is 0 Å². The summed E-state index contributed by atoms with van der Waals surface area (Å²) >= 11 is 0. The van der Waals surface area contributed by atoms with Crippen molar-refractivity contribution in [3.63, 3.8) is 0 Å². The van der Waals surface area contributed by atoms with Crippen LogP contribution in [0.1, 0.15) is 0 Å². The third kappa shape index (κ3) is 52.1. The number of aliphatic hydroxyl groups is 1. The summed E-state index contributed by atoms with van der Waals surface area (Å²) < 4.78 is 0. The molecule has 0 bridgehead atoms. The molecule has 0 fully saturated rings. The molecule has 0 aromatic rings. The number of rotatable bonds is 0. The molecule has 0 radical (unpaired) electrons. The van der Waals surface area contributed by atoms with Crippen LogP contribution in [0.15, 0.2) is 0 Å². The molecule has 0 aliphatic rings. The minimum absolute atomic E-state index is 0. The summed E-state index contributed by atoms with van der Waals surface area (Å²) in [6, 6.07) is 0. The van der Waals surface area contributed by atoms with E-state index in [2.05, 4.69) is 0 Å². The zero-order chi connectivity index (χ0) is 2.00. The Morgan fingerprint density at radius 3 is 1.00 bits per heavy atom. The molecule has 5 heteroatoms. The average molecular weight is 144 g/mol. The van der Waals surface area contributed by atoms with Crippen LogP contribution in [-0.2, 0) is 0 Å². The number of halogens is 1. The third-order valence-electron chi connectivity index (χ3n) is 0. The minimum atomic E-state index is 0. The van der Waals surface area contributed by atoms with Gasteiger partial charge in [0.15, 0.2) is 0 Å². The van der Waals surface area contributed by atoms with E-state index in [1.54, 1.807) is 0 Å². The van der Waals surface area contributed by atoms with Crippen LogP contribution >= 0.6 is 0 Å². The van der Waals surface area contributed by atoms with Crippen LogP contribution in [0.3, 0.4) is 0 Å². The summed E-state index contributed by atoms with van der Waals surface area (Å²) in [5, 5.41) is 7.00. The standard InChI is InChI=1S/CH4O.Ca.ClH.2H2O/c1-2;;;;/h2H,1H3;;1H;2*1H2/q;+2;;;/p-1. The van der Waals surface area contributed by atoms with Gasteiger partial charge in [0, 0.05) is 7.11 Å². The first-order chi connectivity index (χ1) is 1.00. The summed E-state index contributed by atoms with van der Waals surface area (Å²) in [7, 11) is 1.00. The maximum absolute atomic E-state index is 7.00. The maximum Gasteiger partial charge on any atom is 2.00 e. The first-order valence-corrected chi connectivity index (χ1v) is 0.447. The molecule has 0 aliphatic heterocycles. The van der Waals surface area contributed by atoms with Crippen molar-refractivity contribution in [3.8, 4) is 0 Å². The van der Waals surface area contributed by atoms with Gasteiger partial charge in [0.1, 0.15) is 0 Å². The van der Waals surface area contributed by atoms with E-state index in [4.69, 9.17) is 5.11 Å². The van der Waals surface area contributed by atoms with E-state index in [0.717, 1.165) is 7.11 Å². The van der Waals surface area contributed by atoms with E-state index in [1.165, 1.54) is 0 Å². The van der Waals surface area contributed by atoms with Crippen LogP contribution in [0.5, 0.6) is 0 Å². The normalized spacial score (nSPS) is 1.00. The smallest absolute Gasteiger partial charge is 1.00 e. The summed E-state index contributed by atoms with van der Waals surface area (Å²) in [5.41, 5.74) is 0. The molecule has 0 spiro atoms. The molecule has 0 aliphatic carbocycles. The van der Waals surface area contributed by atoms with Crippen molar-refractivity contribution < 1.29 is 28.5 Å². The Morgan fingerprint density at radius 2 is 1.00 bits per heavy atom. The van der Waals surface area contributed by atoms with Gasteiger partial charge < -0.3 is 28.5 Å². The zero-order valence-corrected chi connectivity index (χ0v) is 6.50. The third-order valence-corrected chi connectivity index (χ3v) is 0. The number of hydrogen-bond donors (Lipinski definition) is 1. The van der Waals surface area contributed by atoms with Gasteiger partial charge in [-0.25, -0.2) is 0 Å². The first kappa shape index (κ1) is 52.0. The number of aliphatic hydroxyl groups excluding tert-OH is 1. The van der Waals surface area contributed by atoms with E-state index in [1.807, 2.05) is 0 Å². The molecule has 5 N–H and O–H groups in total. The summed E-state index contributed by atoms with van der Waals surface area (Å²) in [4.78, 5) is 0. The van der Waals surface area contributed by atoms with Gasteiger partial charge in [0.2, 0.25) is 0 Å². The van der Waals surface area contributed by atoms with E-state index in [0.29, 0.717) is 0 Å². The van der Waals surface area contributed by atoms with Crippen molar-refractivity contribution in [1.82, 2.24) is 0 Å². The fourth-order valence-corrected chi connectivity index (χ4v) is 0. The fourth-order valence-electron chi connectivity index (χ4n) is 0. The first-order valence-electron chi connectivity index (χ1n) is 0.447. The zero-order valence-electron chi connectivity index (χ0n) is 3.53. The van der Waals surface area contributed by atoms with Crippen molar-refractivity contribution in [2.75, 3.05) is 7.11 Å². The van der Waals surface area contributed by atoms with Crippen molar-refractivity contribution in [3.05, 3.63) is 0 Å². The molecule has 0 aromatic heterocycles. The Labute approximate surface area is 72.8 Å². The average Bonchev–Trinajstić information content (AvgIpc) is 1.00. The van der Waals surface area contributed by atoms with Crippen LogP contribution < -0.4 is 12.4 Å².